The summed E-state index contributed by atoms with van der Waals surface area (Å²) >= 11 is 1.77. The average molecular weight is 1430 g/mol. The van der Waals surface area contributed by atoms with Crippen LogP contribution in [0.15, 0.2) is 361 Å². The van der Waals surface area contributed by atoms with E-state index in [2.05, 4.69) is 343 Å². The van der Waals surface area contributed by atoms with Crippen molar-refractivity contribution in [2.75, 3.05) is 0 Å². The highest BCUT2D eigenvalue weighted by Crippen LogP contribution is 2.49. The van der Waals surface area contributed by atoms with E-state index in [1.54, 1.807) is 11.3 Å². The highest BCUT2D eigenvalue weighted by atomic mass is 32.1. The number of hydrogen-bond donors (Lipinski definition) is 0. The molecular formula is C102H58N6O2S. The maximum atomic E-state index is 7.07. The van der Waals surface area contributed by atoms with Crippen LogP contribution >= 0.6 is 11.3 Å². The predicted octanol–water partition coefficient (Wildman–Crippen LogP) is 27.9. The molecule has 0 unspecified atom stereocenters. The Labute approximate surface area is 637 Å². The summed E-state index contributed by atoms with van der Waals surface area (Å²) in [5.41, 5.74) is 22.5. The van der Waals surface area contributed by atoms with Crippen LogP contribution < -0.4 is 0 Å². The SMILES string of the molecule is c1ccc(-c2ccc3c(c2)oc2nc(-c4ccc(-n5c6ccccc6c6c7cc(-c8ccc9cc%10c(cc9c8)c8ccccc8n%10-c8ccc(-c9nc(-c%10ccccc%10)c%10sc%11ccc(-c%12ccc%13ccccc%13c%12)cc%11c%10n9)c9ccccc89)ccc7ccc65)c5c4oc4ccccc45)nc(-c4ccccc4)c23)cc1. The third-order valence-electron chi connectivity index (χ3n) is 22.9. The molecule has 0 saturated heterocycles. The minimum absolute atomic E-state index is 0.513. The molecule has 17 aromatic carbocycles. The number of nitrogens with zero attached hydrogens (tertiary/aromatic N) is 6. The second kappa shape index (κ2) is 23.9. The first-order valence-electron chi connectivity index (χ1n) is 37.6. The van der Waals surface area contributed by atoms with E-state index in [0.29, 0.717) is 22.9 Å². The molecule has 0 bridgehead atoms. The van der Waals surface area contributed by atoms with Gasteiger partial charge in [-0.25, -0.2) is 15.0 Å². The average Bonchev–Trinajstić information content (AvgIpc) is 1.57. The molecule has 24 rings (SSSR count). The third kappa shape index (κ3) is 9.46. The zero-order valence-corrected chi connectivity index (χ0v) is 60.2. The number of para-hydroxylation sites is 3. The summed E-state index contributed by atoms with van der Waals surface area (Å²) in [5.74, 6) is 1.21. The zero-order valence-electron chi connectivity index (χ0n) is 59.4. The van der Waals surface area contributed by atoms with Crippen molar-refractivity contribution in [2.24, 2.45) is 0 Å². The van der Waals surface area contributed by atoms with Gasteiger partial charge < -0.3 is 18.0 Å². The highest BCUT2D eigenvalue weighted by Gasteiger charge is 2.27. The Morgan fingerprint density at radius 2 is 0.802 bits per heavy atom. The van der Waals surface area contributed by atoms with E-state index in [1.807, 2.05) is 18.2 Å². The van der Waals surface area contributed by atoms with Gasteiger partial charge in [0.05, 0.1) is 71.4 Å². The lowest BCUT2D eigenvalue weighted by molar-refractivity contribution is 0.653. The molecule has 0 N–H and O–H groups in total. The van der Waals surface area contributed by atoms with Crippen molar-refractivity contribution in [3.63, 3.8) is 0 Å². The summed E-state index contributed by atoms with van der Waals surface area (Å²) in [7, 11) is 0. The van der Waals surface area contributed by atoms with Gasteiger partial charge in [-0.2, -0.15) is 4.98 Å². The minimum atomic E-state index is 0.513. The fourth-order valence-corrected chi connectivity index (χ4v) is 18.9. The molecule has 0 aliphatic heterocycles. The standard InChI is InChI=1S/C102H58N6O2S/c1-4-20-59(21-5-1)70-42-45-78-90(58-70)110-102-94(78)95(62-23-6-2-7-24-62)103-101(106-102)79-47-50-87(93-77-32-16-19-35-89(77)109-98(79)93)108-84-34-18-15-31-76(84)92-80-54-67(39-37-61(80)43-48-86(92)108)66-40-41-69-57-88-81(56-71(69)53-66)74-30-14-17-33-83(74)107(88)85-49-46-75(72-28-12-13-29-73(72)85)100-104-96(63-25-8-3-9-26-63)99-97(105-100)82-55-68(44-51-91(82)111-99)65-38-36-60-22-10-11-27-64(60)52-65/h1-58H. The Morgan fingerprint density at radius 3 is 1.60 bits per heavy atom. The van der Waals surface area contributed by atoms with Gasteiger partial charge in [0, 0.05) is 64.5 Å². The summed E-state index contributed by atoms with van der Waals surface area (Å²) in [6.07, 6.45) is 0. The lowest BCUT2D eigenvalue weighted by atomic mass is 9.96. The van der Waals surface area contributed by atoms with Gasteiger partial charge >= 0.3 is 0 Å². The van der Waals surface area contributed by atoms with E-state index in [9.17, 15) is 0 Å². The first-order chi connectivity index (χ1) is 55.0. The van der Waals surface area contributed by atoms with Crippen LogP contribution in [0.3, 0.4) is 0 Å². The topological polar surface area (TPSA) is 87.7 Å². The molecule has 0 fully saturated rings. The number of thiophene rings is 1. The molecule has 111 heavy (non-hydrogen) atoms. The Morgan fingerprint density at radius 1 is 0.252 bits per heavy atom. The monoisotopic (exact) mass is 1430 g/mol. The van der Waals surface area contributed by atoms with Crippen molar-refractivity contribution in [3.8, 4) is 90.0 Å². The van der Waals surface area contributed by atoms with Gasteiger partial charge in [0.25, 0.3) is 0 Å². The van der Waals surface area contributed by atoms with E-state index >= 15 is 0 Å². The molecule has 0 radical (unpaired) electrons. The highest BCUT2D eigenvalue weighted by molar-refractivity contribution is 7.26. The van der Waals surface area contributed by atoms with E-state index in [1.165, 1.54) is 48.0 Å². The fourth-order valence-electron chi connectivity index (χ4n) is 17.7. The second-order valence-electron chi connectivity index (χ2n) is 29.1. The van der Waals surface area contributed by atoms with Gasteiger partial charge in [-0.15, -0.1) is 11.3 Å². The minimum Gasteiger partial charge on any atom is -0.455 e. The van der Waals surface area contributed by atoms with Crippen LogP contribution in [0.1, 0.15) is 0 Å². The number of rotatable bonds is 9. The van der Waals surface area contributed by atoms with E-state index in [4.69, 9.17) is 28.8 Å². The summed E-state index contributed by atoms with van der Waals surface area (Å²) in [4.78, 5) is 21.9. The van der Waals surface area contributed by atoms with Crippen molar-refractivity contribution in [2.45, 2.75) is 0 Å². The van der Waals surface area contributed by atoms with Gasteiger partial charge in [0.1, 0.15) is 16.7 Å². The van der Waals surface area contributed by atoms with Crippen LogP contribution in [-0.4, -0.2) is 29.1 Å². The molecule has 514 valence electrons. The molecule has 7 heterocycles. The van der Waals surface area contributed by atoms with Gasteiger partial charge in [0.2, 0.25) is 5.71 Å². The Kier molecular flexibility index (Phi) is 13.3. The Bertz CT molecular complexity index is 8090. The van der Waals surface area contributed by atoms with Crippen molar-refractivity contribution in [1.29, 1.82) is 0 Å². The van der Waals surface area contributed by atoms with Gasteiger partial charge in [-0.05, 0) is 174 Å². The summed E-state index contributed by atoms with van der Waals surface area (Å²) in [6, 6.07) is 127. The lowest BCUT2D eigenvalue weighted by Crippen LogP contribution is -1.98. The van der Waals surface area contributed by atoms with Crippen LogP contribution in [-0.2, 0) is 0 Å². The van der Waals surface area contributed by atoms with Crippen LogP contribution in [0.5, 0.6) is 0 Å². The molecule has 8 nitrogen and oxygen atoms in total. The van der Waals surface area contributed by atoms with Gasteiger partial charge in [0.15, 0.2) is 11.6 Å². The van der Waals surface area contributed by atoms with E-state index in [-0.39, 0.29) is 0 Å². The van der Waals surface area contributed by atoms with Gasteiger partial charge in [-0.1, -0.05) is 249 Å². The molecule has 0 amide bonds. The van der Waals surface area contributed by atoms with Crippen molar-refractivity contribution < 1.29 is 8.83 Å². The molecule has 0 aliphatic rings. The molecule has 0 spiro atoms. The summed E-state index contributed by atoms with van der Waals surface area (Å²) < 4.78 is 21.0. The van der Waals surface area contributed by atoms with Crippen molar-refractivity contribution >= 4 is 162 Å². The van der Waals surface area contributed by atoms with Gasteiger partial charge in [-0.3, -0.25) is 0 Å². The van der Waals surface area contributed by atoms with Crippen LogP contribution in [0.4, 0.5) is 0 Å². The fraction of sp³-hybridized carbons (Fsp3) is 0. The second-order valence-corrected chi connectivity index (χ2v) is 30.1. The molecular weight excluding hydrogens is 1370 g/mol. The van der Waals surface area contributed by atoms with Crippen molar-refractivity contribution in [1.82, 2.24) is 29.1 Å². The predicted molar refractivity (Wildman–Crippen MR) is 462 cm³/mol. The Balaban J connectivity index is 0.623. The maximum Gasteiger partial charge on any atom is 0.231 e. The number of benzene rings is 17. The smallest absolute Gasteiger partial charge is 0.231 e. The first-order valence-corrected chi connectivity index (χ1v) is 38.4. The molecule has 7 aromatic heterocycles. The number of aromatic nitrogens is 6. The normalized spacial score (nSPS) is 12.1. The Hall–Kier alpha value is -14.6. The maximum absolute atomic E-state index is 7.07. The third-order valence-corrected chi connectivity index (χ3v) is 24.1. The van der Waals surface area contributed by atoms with Crippen LogP contribution in [0.25, 0.3) is 241 Å². The van der Waals surface area contributed by atoms with Crippen molar-refractivity contribution in [3.05, 3.63) is 352 Å². The summed E-state index contributed by atoms with van der Waals surface area (Å²) in [6.45, 7) is 0. The number of furan rings is 2. The van der Waals surface area contributed by atoms with E-state index in [0.717, 1.165) is 170 Å². The molecule has 0 saturated carbocycles. The number of fused-ring (bicyclic) bond motifs is 20. The number of hydrogen-bond acceptors (Lipinski definition) is 7. The lowest BCUT2D eigenvalue weighted by Gasteiger charge is -2.15. The molecule has 0 atom stereocenters. The summed E-state index contributed by atoms with van der Waals surface area (Å²) in [5, 5.41) is 18.9. The largest absolute Gasteiger partial charge is 0.455 e. The van der Waals surface area contributed by atoms with Crippen LogP contribution in [0.2, 0.25) is 0 Å². The van der Waals surface area contributed by atoms with Crippen LogP contribution in [0, 0.1) is 0 Å². The first kappa shape index (κ1) is 61.5. The molecule has 9 heteroatoms. The molecule has 0 aliphatic carbocycles. The van der Waals surface area contributed by atoms with E-state index < -0.39 is 0 Å². The quantitative estimate of drug-likeness (QED) is 0.143. The zero-order chi connectivity index (χ0) is 72.5. The molecule has 24 aromatic rings.